The summed E-state index contributed by atoms with van der Waals surface area (Å²) in [5.41, 5.74) is 2.29. The third kappa shape index (κ3) is 3.38. The molecule has 1 aromatic carbocycles. The van der Waals surface area contributed by atoms with Crippen molar-refractivity contribution in [3.05, 3.63) is 52.8 Å². The maximum Gasteiger partial charge on any atom is 0.269 e. The van der Waals surface area contributed by atoms with Gasteiger partial charge in [-0.15, -0.1) is 0 Å². The molecule has 25 heavy (non-hydrogen) atoms. The van der Waals surface area contributed by atoms with E-state index in [2.05, 4.69) is 36.1 Å². The molecule has 4 N–H and O–H groups in total. The van der Waals surface area contributed by atoms with Crippen LogP contribution in [0.15, 0.2) is 36.5 Å². The number of rotatable bonds is 0. The average Bonchev–Trinajstić information content (AvgIpc) is 3.06. The molecule has 0 atom stereocenters. The lowest BCUT2D eigenvalue weighted by molar-refractivity contribution is 0.0949. The number of nitrogens with one attached hydrogen (secondary N) is 4. The van der Waals surface area contributed by atoms with E-state index in [9.17, 15) is 4.79 Å². The highest BCUT2D eigenvalue weighted by atomic mass is 35.5. The molecule has 3 heterocycles. The normalized spacial score (nSPS) is 13.7. The summed E-state index contributed by atoms with van der Waals surface area (Å²) in [6.07, 6.45) is 2.20. The molecule has 0 radical (unpaired) electrons. The van der Waals surface area contributed by atoms with Crippen LogP contribution in [-0.2, 0) is 6.42 Å². The van der Waals surface area contributed by atoms with E-state index >= 15 is 0 Å². The molecule has 126 valence electrons. The van der Waals surface area contributed by atoms with Gasteiger partial charge in [0.05, 0.1) is 6.20 Å². The number of aromatic nitrogens is 4. The van der Waals surface area contributed by atoms with Crippen LogP contribution in [0.4, 0.5) is 23.3 Å². The van der Waals surface area contributed by atoms with Gasteiger partial charge in [-0.25, -0.2) is 4.98 Å². The van der Waals surface area contributed by atoms with Crippen LogP contribution in [0, 0.1) is 0 Å². The summed E-state index contributed by atoms with van der Waals surface area (Å²) in [6.45, 7) is 0.514. The SMILES string of the molecule is O=C1NCCc2cccc(c2)Nc2ncc(Cl)c(n2)Nc2cc1[nH]n2. The molecular weight excluding hydrogens is 342 g/mol. The van der Waals surface area contributed by atoms with E-state index < -0.39 is 0 Å². The van der Waals surface area contributed by atoms with Crippen molar-refractivity contribution in [2.75, 3.05) is 17.2 Å². The quantitative estimate of drug-likeness (QED) is 0.494. The Balaban J connectivity index is 1.74. The fourth-order valence-corrected chi connectivity index (χ4v) is 2.63. The maximum atomic E-state index is 12.2. The predicted octanol–water partition coefficient (Wildman–Crippen LogP) is 2.63. The molecule has 1 aliphatic heterocycles. The minimum Gasteiger partial charge on any atom is -0.350 e. The number of hydrogen-bond donors (Lipinski definition) is 4. The second-order valence-electron chi connectivity index (χ2n) is 5.51. The summed E-state index contributed by atoms with van der Waals surface area (Å²) in [5.74, 6) is 1.01. The van der Waals surface area contributed by atoms with Crippen molar-refractivity contribution in [3.8, 4) is 0 Å². The van der Waals surface area contributed by atoms with Crippen molar-refractivity contribution in [3.63, 3.8) is 0 Å². The van der Waals surface area contributed by atoms with Crippen LogP contribution in [0.5, 0.6) is 0 Å². The zero-order valence-electron chi connectivity index (χ0n) is 13.0. The smallest absolute Gasteiger partial charge is 0.269 e. The molecule has 6 bridgehead atoms. The van der Waals surface area contributed by atoms with E-state index in [4.69, 9.17) is 11.6 Å². The Kier molecular flexibility index (Phi) is 3.95. The molecule has 1 aliphatic rings. The van der Waals surface area contributed by atoms with Gasteiger partial charge in [0.25, 0.3) is 5.91 Å². The van der Waals surface area contributed by atoms with Crippen LogP contribution >= 0.6 is 11.6 Å². The fraction of sp³-hybridized carbons (Fsp3) is 0.125. The highest BCUT2D eigenvalue weighted by molar-refractivity contribution is 6.32. The summed E-state index contributed by atoms with van der Waals surface area (Å²) in [7, 11) is 0. The molecule has 9 heteroatoms. The molecule has 2 aromatic heterocycles. The number of carbonyl (C=O) groups is 1. The summed E-state index contributed by atoms with van der Waals surface area (Å²) >= 11 is 6.15. The van der Waals surface area contributed by atoms with Gasteiger partial charge in [-0.05, 0) is 24.1 Å². The van der Waals surface area contributed by atoms with Gasteiger partial charge >= 0.3 is 0 Å². The lowest BCUT2D eigenvalue weighted by atomic mass is 10.1. The van der Waals surface area contributed by atoms with Crippen LogP contribution in [0.3, 0.4) is 0 Å². The minimum absolute atomic E-state index is 0.223. The Labute approximate surface area is 148 Å². The van der Waals surface area contributed by atoms with E-state index in [0.717, 1.165) is 11.3 Å². The molecule has 0 unspecified atom stereocenters. The van der Waals surface area contributed by atoms with Crippen molar-refractivity contribution in [1.82, 2.24) is 25.5 Å². The Morgan fingerprint density at radius 3 is 3.00 bits per heavy atom. The topological polar surface area (TPSA) is 108 Å². The molecule has 3 aromatic rings. The third-order valence-corrected chi connectivity index (χ3v) is 3.97. The molecule has 0 spiro atoms. The molecule has 0 fully saturated rings. The van der Waals surface area contributed by atoms with Crippen LogP contribution in [0.2, 0.25) is 5.02 Å². The summed E-state index contributed by atoms with van der Waals surface area (Å²) in [6, 6.07) is 9.45. The molecule has 0 aliphatic carbocycles. The van der Waals surface area contributed by atoms with E-state index in [0.29, 0.717) is 41.3 Å². The lowest BCUT2D eigenvalue weighted by Crippen LogP contribution is -2.26. The number of nitrogens with zero attached hydrogens (tertiary/aromatic N) is 3. The molecule has 4 rings (SSSR count). The van der Waals surface area contributed by atoms with E-state index in [-0.39, 0.29) is 5.91 Å². The fourth-order valence-electron chi connectivity index (χ4n) is 2.49. The predicted molar refractivity (Wildman–Crippen MR) is 94.7 cm³/mol. The number of anilines is 4. The Hall–Kier alpha value is -3.13. The first-order valence-corrected chi connectivity index (χ1v) is 8.04. The van der Waals surface area contributed by atoms with Crippen molar-refractivity contribution in [2.24, 2.45) is 0 Å². The summed E-state index contributed by atoms with van der Waals surface area (Å²) in [4.78, 5) is 20.7. The summed E-state index contributed by atoms with van der Waals surface area (Å²) < 4.78 is 0. The standard InChI is InChI=1S/C16H14ClN7O/c17-11-8-19-16-20-10-3-1-2-9(6-10)4-5-18-15(25)12-7-13(24-23-12)21-14(11)22-16/h1-3,6-8H,4-5H2,(H,18,25)(H3,19,20,21,22,23,24). The van der Waals surface area contributed by atoms with Crippen LogP contribution < -0.4 is 16.0 Å². The van der Waals surface area contributed by atoms with Gasteiger partial charge in [0.15, 0.2) is 11.6 Å². The number of halogens is 1. The largest absolute Gasteiger partial charge is 0.350 e. The second-order valence-corrected chi connectivity index (χ2v) is 5.92. The van der Waals surface area contributed by atoms with Gasteiger partial charge in [-0.3, -0.25) is 9.89 Å². The third-order valence-electron chi connectivity index (χ3n) is 3.70. The van der Waals surface area contributed by atoms with Gasteiger partial charge in [0.2, 0.25) is 5.95 Å². The minimum atomic E-state index is -0.223. The monoisotopic (exact) mass is 355 g/mol. The Bertz CT molecular complexity index is 940. The summed E-state index contributed by atoms with van der Waals surface area (Å²) in [5, 5.41) is 16.1. The van der Waals surface area contributed by atoms with Crippen molar-refractivity contribution < 1.29 is 4.79 Å². The van der Waals surface area contributed by atoms with Crippen LogP contribution in [0.1, 0.15) is 16.1 Å². The molecular formula is C16H14ClN7O. The second kappa shape index (κ2) is 6.40. The van der Waals surface area contributed by atoms with Crippen LogP contribution in [0.25, 0.3) is 0 Å². The molecule has 0 saturated carbocycles. The average molecular weight is 356 g/mol. The Morgan fingerprint density at radius 2 is 2.08 bits per heavy atom. The van der Waals surface area contributed by atoms with Crippen molar-refractivity contribution >= 4 is 40.8 Å². The van der Waals surface area contributed by atoms with E-state index in [1.54, 1.807) is 6.07 Å². The number of fused-ring (bicyclic) bond motifs is 6. The zero-order valence-corrected chi connectivity index (χ0v) is 13.8. The van der Waals surface area contributed by atoms with Crippen LogP contribution in [-0.4, -0.2) is 32.6 Å². The van der Waals surface area contributed by atoms with E-state index in [1.807, 2.05) is 24.3 Å². The van der Waals surface area contributed by atoms with Gasteiger partial charge in [-0.1, -0.05) is 23.7 Å². The highest BCUT2D eigenvalue weighted by Gasteiger charge is 2.13. The number of benzene rings is 1. The lowest BCUT2D eigenvalue weighted by Gasteiger charge is -2.10. The highest BCUT2D eigenvalue weighted by Crippen LogP contribution is 2.24. The van der Waals surface area contributed by atoms with Crippen molar-refractivity contribution in [1.29, 1.82) is 0 Å². The zero-order chi connectivity index (χ0) is 17.2. The van der Waals surface area contributed by atoms with E-state index in [1.165, 1.54) is 6.20 Å². The van der Waals surface area contributed by atoms with Gasteiger partial charge in [0, 0.05) is 18.3 Å². The maximum absolute atomic E-state index is 12.2. The number of aromatic amines is 1. The number of carbonyl (C=O) groups excluding carboxylic acids is 1. The van der Waals surface area contributed by atoms with Gasteiger partial charge in [-0.2, -0.15) is 10.1 Å². The first kappa shape index (κ1) is 15.4. The van der Waals surface area contributed by atoms with Gasteiger partial charge < -0.3 is 16.0 Å². The Morgan fingerprint density at radius 1 is 1.16 bits per heavy atom. The van der Waals surface area contributed by atoms with Gasteiger partial charge in [0.1, 0.15) is 10.7 Å². The number of hydrogen-bond acceptors (Lipinski definition) is 6. The van der Waals surface area contributed by atoms with Crippen molar-refractivity contribution in [2.45, 2.75) is 6.42 Å². The molecule has 8 nitrogen and oxygen atoms in total. The first-order valence-electron chi connectivity index (χ1n) is 7.66. The molecule has 1 amide bonds. The molecule has 0 saturated heterocycles. The first-order chi connectivity index (χ1) is 12.2. The number of H-pyrrole nitrogens is 1. The number of amides is 1.